The number of hydrogen-bond donors (Lipinski definition) is 1. The third-order valence-electron chi connectivity index (χ3n) is 5.93. The number of nitrogens with two attached hydrogens (primary N) is 1. The molecule has 1 unspecified atom stereocenters. The molecule has 1 amide bonds. The quantitative estimate of drug-likeness (QED) is 0.628. The SMILES string of the molecule is CCC[C@@H](C)Oc1nc(N)c2c(n1)N(CCCCC1CCOC(C)(C)C1)C(=O)C2. The lowest BCUT2D eigenvalue weighted by atomic mass is 9.85. The molecule has 1 aromatic heterocycles. The summed E-state index contributed by atoms with van der Waals surface area (Å²) >= 11 is 0. The first kappa shape index (κ1) is 21.8. The molecule has 3 heterocycles. The highest BCUT2D eigenvalue weighted by atomic mass is 16.5. The van der Waals surface area contributed by atoms with Crippen molar-refractivity contribution < 1.29 is 14.3 Å². The summed E-state index contributed by atoms with van der Waals surface area (Å²) in [5.41, 5.74) is 6.83. The summed E-state index contributed by atoms with van der Waals surface area (Å²) in [7, 11) is 0. The number of anilines is 2. The Morgan fingerprint density at radius 2 is 2.14 bits per heavy atom. The molecule has 2 atom stereocenters. The molecule has 7 nitrogen and oxygen atoms in total. The number of rotatable bonds is 9. The highest BCUT2D eigenvalue weighted by molar-refractivity contribution is 6.01. The van der Waals surface area contributed by atoms with E-state index in [1.165, 1.54) is 6.42 Å². The molecule has 0 radical (unpaired) electrons. The van der Waals surface area contributed by atoms with Gasteiger partial charge < -0.3 is 15.2 Å². The molecular weight excluding hydrogens is 368 g/mol. The maximum Gasteiger partial charge on any atom is 0.320 e. The van der Waals surface area contributed by atoms with Crippen LogP contribution < -0.4 is 15.4 Å². The van der Waals surface area contributed by atoms with E-state index >= 15 is 0 Å². The number of ether oxygens (including phenoxy) is 2. The number of nitrogen functional groups attached to an aromatic ring is 1. The Labute approximate surface area is 174 Å². The number of hydrogen-bond acceptors (Lipinski definition) is 6. The average Bonchev–Trinajstić information content (AvgIpc) is 2.94. The molecule has 1 saturated heterocycles. The first-order chi connectivity index (χ1) is 13.8. The van der Waals surface area contributed by atoms with E-state index in [0.717, 1.165) is 50.7 Å². The Balaban J connectivity index is 1.57. The lowest BCUT2D eigenvalue weighted by Gasteiger charge is -2.35. The van der Waals surface area contributed by atoms with E-state index in [0.29, 0.717) is 24.1 Å². The van der Waals surface area contributed by atoms with Crippen LogP contribution in [0.3, 0.4) is 0 Å². The van der Waals surface area contributed by atoms with Crippen molar-refractivity contribution in [2.75, 3.05) is 23.8 Å². The smallest absolute Gasteiger partial charge is 0.320 e. The zero-order chi connectivity index (χ0) is 21.0. The van der Waals surface area contributed by atoms with Crippen molar-refractivity contribution in [2.45, 2.75) is 90.8 Å². The zero-order valence-corrected chi connectivity index (χ0v) is 18.4. The number of nitrogens with zero attached hydrogens (tertiary/aromatic N) is 3. The van der Waals surface area contributed by atoms with Gasteiger partial charge in [-0.3, -0.25) is 9.69 Å². The third-order valence-corrected chi connectivity index (χ3v) is 5.93. The molecule has 1 fully saturated rings. The third kappa shape index (κ3) is 5.59. The van der Waals surface area contributed by atoms with Crippen molar-refractivity contribution in [2.24, 2.45) is 5.92 Å². The molecular formula is C22H36N4O3. The van der Waals surface area contributed by atoms with Crippen molar-refractivity contribution >= 4 is 17.5 Å². The monoisotopic (exact) mass is 404 g/mol. The molecule has 3 rings (SSSR count). The Kier molecular flexibility index (Phi) is 6.98. The maximum atomic E-state index is 12.5. The molecule has 0 spiro atoms. The predicted octanol–water partition coefficient (Wildman–Crippen LogP) is 3.89. The maximum absolute atomic E-state index is 12.5. The summed E-state index contributed by atoms with van der Waals surface area (Å²) in [5.74, 6) is 1.74. The van der Waals surface area contributed by atoms with Gasteiger partial charge in [-0.15, -0.1) is 0 Å². The molecule has 1 aromatic rings. The lowest BCUT2D eigenvalue weighted by molar-refractivity contribution is -0.117. The van der Waals surface area contributed by atoms with Gasteiger partial charge in [0, 0.05) is 18.7 Å². The number of carbonyl (C=O) groups excluding carboxylic acids is 1. The van der Waals surface area contributed by atoms with Gasteiger partial charge in [-0.05, 0) is 52.4 Å². The first-order valence-corrected chi connectivity index (χ1v) is 11.1. The van der Waals surface area contributed by atoms with Gasteiger partial charge in [0.1, 0.15) is 11.6 Å². The summed E-state index contributed by atoms with van der Waals surface area (Å²) < 4.78 is 11.6. The molecule has 29 heavy (non-hydrogen) atoms. The largest absolute Gasteiger partial charge is 0.460 e. The normalized spacial score (nSPS) is 21.9. The van der Waals surface area contributed by atoms with E-state index in [1.54, 1.807) is 4.90 Å². The van der Waals surface area contributed by atoms with Crippen LogP contribution in [0.4, 0.5) is 11.6 Å². The van der Waals surface area contributed by atoms with Crippen LogP contribution in [0, 0.1) is 5.92 Å². The van der Waals surface area contributed by atoms with E-state index in [-0.39, 0.29) is 30.0 Å². The fourth-order valence-electron chi connectivity index (χ4n) is 4.46. The Hall–Kier alpha value is -1.89. The second-order valence-electron chi connectivity index (χ2n) is 9.10. The number of amides is 1. The Morgan fingerprint density at radius 1 is 1.34 bits per heavy atom. The second kappa shape index (κ2) is 9.28. The minimum atomic E-state index is -0.00740. The molecule has 162 valence electrons. The predicted molar refractivity (Wildman–Crippen MR) is 114 cm³/mol. The molecule has 2 aliphatic heterocycles. The van der Waals surface area contributed by atoms with Crippen LogP contribution in [0.5, 0.6) is 6.01 Å². The van der Waals surface area contributed by atoms with Gasteiger partial charge in [0.05, 0.1) is 18.1 Å². The fourth-order valence-corrected chi connectivity index (χ4v) is 4.46. The first-order valence-electron chi connectivity index (χ1n) is 11.1. The summed E-state index contributed by atoms with van der Waals surface area (Å²) in [6.45, 7) is 9.97. The van der Waals surface area contributed by atoms with Crippen LogP contribution in [-0.2, 0) is 16.0 Å². The van der Waals surface area contributed by atoms with Gasteiger partial charge in [0.2, 0.25) is 5.91 Å². The van der Waals surface area contributed by atoms with Gasteiger partial charge in [0.25, 0.3) is 0 Å². The highest BCUT2D eigenvalue weighted by Gasteiger charge is 2.32. The van der Waals surface area contributed by atoms with E-state index in [4.69, 9.17) is 15.2 Å². The van der Waals surface area contributed by atoms with E-state index in [2.05, 4.69) is 30.7 Å². The van der Waals surface area contributed by atoms with Crippen LogP contribution >= 0.6 is 0 Å². The van der Waals surface area contributed by atoms with Gasteiger partial charge >= 0.3 is 6.01 Å². The minimum Gasteiger partial charge on any atom is -0.460 e. The van der Waals surface area contributed by atoms with Gasteiger partial charge in [-0.1, -0.05) is 26.2 Å². The standard InChI is InChI=1S/C22H36N4O3/c1-5-8-15(2)29-21-24-19(23)17-13-18(27)26(20(17)25-21)11-7-6-9-16-10-12-28-22(3,4)14-16/h15-16H,5-14H2,1-4H3,(H2,23,24,25)/t15-,16?/m1/s1. The zero-order valence-electron chi connectivity index (χ0n) is 18.4. The van der Waals surface area contributed by atoms with Crippen molar-refractivity contribution in [3.63, 3.8) is 0 Å². The molecule has 7 heteroatoms. The second-order valence-corrected chi connectivity index (χ2v) is 9.10. The van der Waals surface area contributed by atoms with Crippen molar-refractivity contribution in [1.29, 1.82) is 0 Å². The number of aromatic nitrogens is 2. The summed E-state index contributed by atoms with van der Waals surface area (Å²) in [6, 6.07) is 0.270. The average molecular weight is 405 g/mol. The molecule has 0 saturated carbocycles. The summed E-state index contributed by atoms with van der Waals surface area (Å²) in [5, 5.41) is 0. The molecule has 0 aliphatic carbocycles. The minimum absolute atomic E-state index is 0.00740. The number of unbranched alkanes of at least 4 members (excludes halogenated alkanes) is 1. The van der Waals surface area contributed by atoms with Crippen LogP contribution in [-0.4, -0.2) is 40.7 Å². The number of fused-ring (bicyclic) bond motifs is 1. The fraction of sp³-hybridized carbons (Fsp3) is 0.773. The molecule has 2 aliphatic rings. The van der Waals surface area contributed by atoms with E-state index in [1.807, 2.05) is 6.92 Å². The van der Waals surface area contributed by atoms with Gasteiger partial charge in [-0.2, -0.15) is 9.97 Å². The lowest BCUT2D eigenvalue weighted by Crippen LogP contribution is -2.34. The van der Waals surface area contributed by atoms with Crippen LogP contribution in [0.25, 0.3) is 0 Å². The van der Waals surface area contributed by atoms with E-state index in [9.17, 15) is 4.79 Å². The molecule has 2 N–H and O–H groups in total. The van der Waals surface area contributed by atoms with Crippen LogP contribution in [0.2, 0.25) is 0 Å². The van der Waals surface area contributed by atoms with Crippen molar-refractivity contribution in [3.05, 3.63) is 5.56 Å². The highest BCUT2D eigenvalue weighted by Crippen LogP contribution is 2.34. The van der Waals surface area contributed by atoms with Crippen LogP contribution in [0.15, 0.2) is 0 Å². The van der Waals surface area contributed by atoms with Crippen LogP contribution in [0.1, 0.15) is 78.2 Å². The summed E-state index contributed by atoms with van der Waals surface area (Å²) in [6.07, 6.45) is 7.71. The molecule has 0 bridgehead atoms. The Bertz CT molecular complexity index is 722. The molecule has 0 aromatic carbocycles. The van der Waals surface area contributed by atoms with Crippen molar-refractivity contribution in [1.82, 2.24) is 9.97 Å². The van der Waals surface area contributed by atoms with Gasteiger partial charge in [0.15, 0.2) is 0 Å². The Morgan fingerprint density at radius 3 is 2.86 bits per heavy atom. The summed E-state index contributed by atoms with van der Waals surface area (Å²) in [4.78, 5) is 23.1. The topological polar surface area (TPSA) is 90.6 Å². The van der Waals surface area contributed by atoms with Gasteiger partial charge in [-0.25, -0.2) is 0 Å². The number of carbonyl (C=O) groups is 1. The van der Waals surface area contributed by atoms with Crippen molar-refractivity contribution in [3.8, 4) is 6.01 Å². The van der Waals surface area contributed by atoms with E-state index < -0.39 is 0 Å².